The van der Waals surface area contributed by atoms with Gasteiger partial charge in [0, 0.05) is 17.8 Å². The first-order chi connectivity index (χ1) is 10.6. The summed E-state index contributed by atoms with van der Waals surface area (Å²) < 4.78 is 5.03. The number of anilines is 4. The first-order valence-corrected chi connectivity index (χ1v) is 6.98. The minimum atomic E-state index is 0.622. The lowest BCUT2D eigenvalue weighted by atomic mass is 10.2. The van der Waals surface area contributed by atoms with E-state index in [-0.39, 0.29) is 0 Å². The van der Waals surface area contributed by atoms with Crippen LogP contribution in [-0.4, -0.2) is 15.1 Å². The van der Waals surface area contributed by atoms with Crippen molar-refractivity contribution in [3.05, 3.63) is 53.5 Å². The van der Waals surface area contributed by atoms with Gasteiger partial charge in [-0.3, -0.25) is 0 Å². The van der Waals surface area contributed by atoms with E-state index in [2.05, 4.69) is 32.7 Å². The highest BCUT2D eigenvalue weighted by Gasteiger charge is 2.05. The molecule has 112 valence electrons. The molecule has 0 aliphatic rings. The minimum absolute atomic E-state index is 0.622. The fourth-order valence-corrected chi connectivity index (χ4v) is 2.04. The second-order valence-electron chi connectivity index (χ2n) is 5.12. The summed E-state index contributed by atoms with van der Waals surface area (Å²) >= 11 is 0. The molecular formula is C16H17N5O. The molecule has 1 aromatic carbocycles. The molecule has 3 rings (SSSR count). The highest BCUT2D eigenvalue weighted by atomic mass is 16.5. The van der Waals surface area contributed by atoms with Crippen LogP contribution in [0.25, 0.3) is 0 Å². The zero-order valence-electron chi connectivity index (χ0n) is 12.7. The third kappa shape index (κ3) is 3.41. The van der Waals surface area contributed by atoms with E-state index < -0.39 is 0 Å². The van der Waals surface area contributed by atoms with Crippen LogP contribution in [0.5, 0.6) is 0 Å². The molecular weight excluding hydrogens is 278 g/mol. The van der Waals surface area contributed by atoms with E-state index >= 15 is 0 Å². The Morgan fingerprint density at radius 3 is 2.14 bits per heavy atom. The van der Waals surface area contributed by atoms with Gasteiger partial charge in [-0.1, -0.05) is 22.9 Å². The zero-order valence-corrected chi connectivity index (χ0v) is 12.7. The molecule has 0 radical (unpaired) electrons. The first kappa shape index (κ1) is 14.1. The maximum absolute atomic E-state index is 5.03. The van der Waals surface area contributed by atoms with Crippen LogP contribution < -0.4 is 10.6 Å². The normalized spacial score (nSPS) is 10.5. The van der Waals surface area contributed by atoms with Gasteiger partial charge in [0.2, 0.25) is 0 Å². The summed E-state index contributed by atoms with van der Waals surface area (Å²) in [6, 6.07) is 11.8. The second-order valence-corrected chi connectivity index (χ2v) is 5.12. The maximum atomic E-state index is 5.03. The van der Waals surface area contributed by atoms with Gasteiger partial charge in [-0.2, -0.15) is 0 Å². The Balaban J connectivity index is 1.81. The summed E-state index contributed by atoms with van der Waals surface area (Å²) in [5.41, 5.74) is 2.19. The van der Waals surface area contributed by atoms with Crippen molar-refractivity contribution < 1.29 is 4.52 Å². The fourth-order valence-electron chi connectivity index (χ4n) is 2.04. The number of hydrogen-bond donors (Lipinski definition) is 2. The Morgan fingerprint density at radius 1 is 0.818 bits per heavy atom. The predicted molar refractivity (Wildman–Crippen MR) is 85.8 cm³/mol. The molecule has 0 atom stereocenters. The molecule has 2 heterocycles. The van der Waals surface area contributed by atoms with Crippen molar-refractivity contribution in [2.45, 2.75) is 20.8 Å². The molecule has 0 aliphatic heterocycles. The number of benzene rings is 1. The lowest BCUT2D eigenvalue weighted by Gasteiger charge is -2.09. The van der Waals surface area contributed by atoms with Gasteiger partial charge in [0.25, 0.3) is 0 Å². The second kappa shape index (κ2) is 5.85. The van der Waals surface area contributed by atoms with Crippen molar-refractivity contribution in [2.75, 3.05) is 10.6 Å². The van der Waals surface area contributed by atoms with Crippen LogP contribution in [0.4, 0.5) is 23.1 Å². The summed E-state index contributed by atoms with van der Waals surface area (Å²) in [7, 11) is 0. The third-order valence-corrected chi connectivity index (χ3v) is 3.05. The van der Waals surface area contributed by atoms with E-state index in [1.807, 2.05) is 50.2 Å². The molecule has 22 heavy (non-hydrogen) atoms. The number of aromatic nitrogens is 3. The number of nitrogens with one attached hydrogen (secondary N) is 2. The van der Waals surface area contributed by atoms with Crippen LogP contribution in [0.3, 0.4) is 0 Å². The number of hydrogen-bond acceptors (Lipinski definition) is 6. The standard InChI is InChI=1S/C16H17N5O/c1-10-4-6-13(7-5-10)19-14-9-15(18-12(3)17-14)20-16-8-11(2)22-21-16/h4-9H,1-3H3,(H2,17,18,19,20,21). The van der Waals surface area contributed by atoms with E-state index in [0.717, 1.165) is 17.3 Å². The van der Waals surface area contributed by atoms with Crippen molar-refractivity contribution >= 4 is 23.1 Å². The van der Waals surface area contributed by atoms with Gasteiger partial charge in [0.05, 0.1) is 0 Å². The molecule has 0 saturated carbocycles. The van der Waals surface area contributed by atoms with Gasteiger partial charge in [0.1, 0.15) is 23.2 Å². The van der Waals surface area contributed by atoms with Crippen molar-refractivity contribution in [1.82, 2.24) is 15.1 Å². The molecule has 2 N–H and O–H groups in total. The van der Waals surface area contributed by atoms with Crippen LogP contribution in [0.15, 0.2) is 40.9 Å². The maximum Gasteiger partial charge on any atom is 0.175 e. The van der Waals surface area contributed by atoms with Gasteiger partial charge in [0.15, 0.2) is 5.82 Å². The van der Waals surface area contributed by atoms with E-state index in [1.54, 1.807) is 0 Å². The van der Waals surface area contributed by atoms with Crippen LogP contribution in [-0.2, 0) is 0 Å². The summed E-state index contributed by atoms with van der Waals surface area (Å²) in [5.74, 6) is 3.41. The predicted octanol–water partition coefficient (Wildman–Crippen LogP) is 3.88. The molecule has 0 fully saturated rings. The average Bonchev–Trinajstić information content (AvgIpc) is 2.86. The van der Waals surface area contributed by atoms with Crippen molar-refractivity contribution in [2.24, 2.45) is 0 Å². The molecule has 0 saturated heterocycles. The number of nitrogens with zero attached hydrogens (tertiary/aromatic N) is 3. The van der Waals surface area contributed by atoms with E-state index in [9.17, 15) is 0 Å². The first-order valence-electron chi connectivity index (χ1n) is 6.98. The molecule has 0 aliphatic carbocycles. The van der Waals surface area contributed by atoms with E-state index in [4.69, 9.17) is 4.52 Å². The van der Waals surface area contributed by atoms with Crippen LogP contribution >= 0.6 is 0 Å². The average molecular weight is 295 g/mol. The minimum Gasteiger partial charge on any atom is -0.360 e. The lowest BCUT2D eigenvalue weighted by Crippen LogP contribution is -2.01. The quantitative estimate of drug-likeness (QED) is 0.760. The van der Waals surface area contributed by atoms with E-state index in [0.29, 0.717) is 17.5 Å². The van der Waals surface area contributed by atoms with Crippen LogP contribution in [0, 0.1) is 20.8 Å². The van der Waals surface area contributed by atoms with Gasteiger partial charge in [-0.25, -0.2) is 9.97 Å². The lowest BCUT2D eigenvalue weighted by molar-refractivity contribution is 0.400. The smallest absolute Gasteiger partial charge is 0.175 e. The Labute approximate surface area is 128 Å². The monoisotopic (exact) mass is 295 g/mol. The fraction of sp³-hybridized carbons (Fsp3) is 0.188. The zero-order chi connectivity index (χ0) is 15.5. The largest absolute Gasteiger partial charge is 0.360 e. The third-order valence-electron chi connectivity index (χ3n) is 3.05. The van der Waals surface area contributed by atoms with Crippen LogP contribution in [0.2, 0.25) is 0 Å². The molecule has 6 heteroatoms. The van der Waals surface area contributed by atoms with Gasteiger partial charge in [-0.05, 0) is 32.9 Å². The highest BCUT2D eigenvalue weighted by molar-refractivity contribution is 5.62. The highest BCUT2D eigenvalue weighted by Crippen LogP contribution is 2.20. The van der Waals surface area contributed by atoms with Crippen molar-refractivity contribution in [3.8, 4) is 0 Å². The number of rotatable bonds is 4. The topological polar surface area (TPSA) is 75.9 Å². The Bertz CT molecular complexity index is 779. The Morgan fingerprint density at radius 2 is 1.50 bits per heavy atom. The van der Waals surface area contributed by atoms with Crippen molar-refractivity contribution in [1.29, 1.82) is 0 Å². The molecule has 3 aromatic rings. The molecule has 2 aromatic heterocycles. The molecule has 0 amide bonds. The number of aryl methyl sites for hydroxylation is 3. The summed E-state index contributed by atoms with van der Waals surface area (Å²) in [5, 5.41) is 10.3. The van der Waals surface area contributed by atoms with Crippen molar-refractivity contribution in [3.63, 3.8) is 0 Å². The van der Waals surface area contributed by atoms with E-state index in [1.165, 1.54) is 5.56 Å². The Kier molecular flexibility index (Phi) is 3.74. The summed E-state index contributed by atoms with van der Waals surface area (Å²) in [6.45, 7) is 5.74. The van der Waals surface area contributed by atoms with Crippen LogP contribution in [0.1, 0.15) is 17.1 Å². The molecule has 0 unspecified atom stereocenters. The van der Waals surface area contributed by atoms with Gasteiger partial charge >= 0.3 is 0 Å². The van der Waals surface area contributed by atoms with Gasteiger partial charge < -0.3 is 15.2 Å². The molecule has 6 nitrogen and oxygen atoms in total. The molecule has 0 spiro atoms. The van der Waals surface area contributed by atoms with Gasteiger partial charge in [-0.15, -0.1) is 0 Å². The summed E-state index contributed by atoms with van der Waals surface area (Å²) in [6.07, 6.45) is 0. The summed E-state index contributed by atoms with van der Waals surface area (Å²) in [4.78, 5) is 8.74. The Hall–Kier alpha value is -2.89. The molecule has 0 bridgehead atoms. The SMILES string of the molecule is Cc1ccc(Nc2cc(Nc3cc(C)on3)nc(C)n2)cc1.